The number of ether oxygens (including phenoxy) is 3. The van der Waals surface area contributed by atoms with Crippen LogP contribution in [0.3, 0.4) is 0 Å². The van der Waals surface area contributed by atoms with E-state index < -0.39 is 5.91 Å². The summed E-state index contributed by atoms with van der Waals surface area (Å²) in [5.41, 5.74) is 1.74. The molecule has 31 heavy (non-hydrogen) atoms. The lowest BCUT2D eigenvalue weighted by molar-refractivity contribution is -0.114. The highest BCUT2D eigenvalue weighted by atomic mass is 32.1. The average Bonchev–Trinajstić information content (AvgIpc) is 3.08. The van der Waals surface area contributed by atoms with Crippen LogP contribution in [0, 0.1) is 12.3 Å². The molecule has 0 bridgehead atoms. The lowest BCUT2D eigenvalue weighted by Gasteiger charge is -2.12. The van der Waals surface area contributed by atoms with Gasteiger partial charge in [0.15, 0.2) is 16.3 Å². The van der Waals surface area contributed by atoms with Gasteiger partial charge in [-0.05, 0) is 30.3 Å². The van der Waals surface area contributed by atoms with Gasteiger partial charge in [0, 0.05) is 18.2 Å². The second-order valence-electron chi connectivity index (χ2n) is 6.37. The Balaban J connectivity index is 2.13. The minimum Gasteiger partial charge on any atom is -0.493 e. The van der Waals surface area contributed by atoms with Crippen LogP contribution in [0.25, 0.3) is 10.2 Å². The van der Waals surface area contributed by atoms with Crippen LogP contribution < -0.4 is 24.3 Å². The molecule has 0 saturated heterocycles. The van der Waals surface area contributed by atoms with Gasteiger partial charge in [-0.25, -0.2) is 0 Å². The molecule has 8 nitrogen and oxygen atoms in total. The summed E-state index contributed by atoms with van der Waals surface area (Å²) < 4.78 is 18.5. The number of methoxy groups -OCH3 is 3. The first-order valence-electron chi connectivity index (χ1n) is 9.15. The molecule has 0 aliphatic heterocycles. The van der Waals surface area contributed by atoms with Gasteiger partial charge in [0.25, 0.3) is 5.91 Å². The van der Waals surface area contributed by atoms with E-state index in [1.54, 1.807) is 22.8 Å². The average molecular weight is 439 g/mol. The predicted molar refractivity (Wildman–Crippen MR) is 119 cm³/mol. The summed E-state index contributed by atoms with van der Waals surface area (Å²) in [6.45, 7) is 1.68. The molecule has 0 aliphatic rings. The van der Waals surface area contributed by atoms with Crippen molar-refractivity contribution in [2.75, 3.05) is 26.6 Å². The summed E-state index contributed by atoms with van der Waals surface area (Å²) in [7, 11) is 4.44. The third-order valence-corrected chi connectivity index (χ3v) is 5.40. The Bertz CT molecular complexity index is 1240. The zero-order valence-electron chi connectivity index (χ0n) is 17.5. The molecule has 0 saturated carbocycles. The zero-order chi connectivity index (χ0) is 22.5. The van der Waals surface area contributed by atoms with E-state index >= 15 is 0 Å². The quantitative estimate of drug-likeness (QED) is 0.596. The minimum absolute atomic E-state index is 0.171. The smallest absolute Gasteiger partial charge is 0.279 e. The van der Waals surface area contributed by atoms with E-state index in [1.807, 2.05) is 12.1 Å². The molecule has 0 spiro atoms. The number of rotatable bonds is 6. The van der Waals surface area contributed by atoms with Crippen LogP contribution in [0.1, 0.15) is 17.3 Å². The van der Waals surface area contributed by atoms with Crippen LogP contribution >= 0.6 is 11.3 Å². The maximum absolute atomic E-state index is 13.0. The Labute approximate surface area is 183 Å². The SMILES string of the molecule is C#CCn1c(=NC(=O)c2cc(OC)c(OC)c(OC)c2)sc2cc(NC(C)=O)ccc21. The predicted octanol–water partition coefficient (Wildman–Crippen LogP) is 3.06. The summed E-state index contributed by atoms with van der Waals surface area (Å²) in [4.78, 5) is 29.0. The second-order valence-corrected chi connectivity index (χ2v) is 7.38. The molecule has 0 unspecified atom stereocenters. The Hall–Kier alpha value is -3.77. The number of anilines is 1. The lowest BCUT2D eigenvalue weighted by Crippen LogP contribution is -2.16. The van der Waals surface area contributed by atoms with Gasteiger partial charge in [-0.3, -0.25) is 9.59 Å². The molecule has 1 N–H and O–H groups in total. The molecular weight excluding hydrogens is 418 g/mol. The molecular formula is C22H21N3O5S. The number of carbonyl (C=O) groups is 2. The third-order valence-electron chi connectivity index (χ3n) is 4.36. The van der Waals surface area contributed by atoms with Crippen molar-refractivity contribution in [2.45, 2.75) is 13.5 Å². The molecule has 2 amide bonds. The highest BCUT2D eigenvalue weighted by Gasteiger charge is 2.17. The third kappa shape index (κ3) is 4.54. The molecule has 1 aromatic heterocycles. The van der Waals surface area contributed by atoms with E-state index in [9.17, 15) is 9.59 Å². The van der Waals surface area contributed by atoms with Gasteiger partial charge in [0.05, 0.1) is 38.1 Å². The fourth-order valence-corrected chi connectivity index (χ4v) is 4.11. The van der Waals surface area contributed by atoms with Gasteiger partial charge in [-0.15, -0.1) is 6.42 Å². The maximum atomic E-state index is 13.0. The Morgan fingerprint density at radius 2 is 1.81 bits per heavy atom. The Kier molecular flexibility index (Phi) is 6.62. The van der Waals surface area contributed by atoms with Gasteiger partial charge in [0.2, 0.25) is 11.7 Å². The molecule has 0 aliphatic carbocycles. The number of thiazole rings is 1. The number of nitrogens with one attached hydrogen (secondary N) is 1. The summed E-state index contributed by atoms with van der Waals surface area (Å²) in [5, 5.41) is 2.74. The number of amides is 2. The Morgan fingerprint density at radius 3 is 2.35 bits per heavy atom. The van der Waals surface area contributed by atoms with Crippen molar-refractivity contribution in [2.24, 2.45) is 4.99 Å². The van der Waals surface area contributed by atoms with E-state index in [0.717, 1.165) is 10.2 Å². The number of hydrogen-bond acceptors (Lipinski definition) is 6. The highest BCUT2D eigenvalue weighted by molar-refractivity contribution is 7.16. The normalized spacial score (nSPS) is 11.1. The Morgan fingerprint density at radius 1 is 1.13 bits per heavy atom. The van der Waals surface area contributed by atoms with E-state index in [1.165, 1.54) is 39.6 Å². The molecule has 3 rings (SSSR count). The van der Waals surface area contributed by atoms with Crippen molar-refractivity contribution in [3.05, 3.63) is 40.7 Å². The fraction of sp³-hybridized carbons (Fsp3) is 0.227. The second kappa shape index (κ2) is 9.36. The van der Waals surface area contributed by atoms with Gasteiger partial charge in [-0.2, -0.15) is 4.99 Å². The maximum Gasteiger partial charge on any atom is 0.279 e. The first-order valence-corrected chi connectivity index (χ1v) is 9.97. The van der Waals surface area contributed by atoms with Crippen LogP contribution in [0.2, 0.25) is 0 Å². The lowest BCUT2D eigenvalue weighted by atomic mass is 10.1. The first-order chi connectivity index (χ1) is 14.9. The fourth-order valence-electron chi connectivity index (χ4n) is 3.04. The van der Waals surface area contributed by atoms with Gasteiger partial charge in [0.1, 0.15) is 0 Å². The summed E-state index contributed by atoms with van der Waals surface area (Å²) >= 11 is 1.30. The molecule has 3 aromatic rings. The van der Waals surface area contributed by atoms with Crippen molar-refractivity contribution in [3.63, 3.8) is 0 Å². The van der Waals surface area contributed by atoms with E-state index in [0.29, 0.717) is 27.7 Å². The van der Waals surface area contributed by atoms with E-state index in [-0.39, 0.29) is 18.0 Å². The van der Waals surface area contributed by atoms with Crippen molar-refractivity contribution in [1.29, 1.82) is 0 Å². The minimum atomic E-state index is -0.487. The number of benzene rings is 2. The topological polar surface area (TPSA) is 91.2 Å². The molecule has 1 heterocycles. The van der Waals surface area contributed by atoms with Crippen LogP contribution in [0.5, 0.6) is 17.2 Å². The van der Waals surface area contributed by atoms with Crippen molar-refractivity contribution in [1.82, 2.24) is 4.57 Å². The number of carbonyl (C=O) groups excluding carboxylic acids is 2. The molecule has 0 atom stereocenters. The zero-order valence-corrected chi connectivity index (χ0v) is 18.3. The number of fused-ring (bicyclic) bond motifs is 1. The van der Waals surface area contributed by atoms with Crippen LogP contribution in [-0.4, -0.2) is 37.7 Å². The highest BCUT2D eigenvalue weighted by Crippen LogP contribution is 2.38. The number of terminal acetylenes is 1. The van der Waals surface area contributed by atoms with Crippen molar-refractivity contribution >= 4 is 39.1 Å². The number of nitrogens with zero attached hydrogens (tertiary/aromatic N) is 2. The monoisotopic (exact) mass is 439 g/mol. The molecule has 0 fully saturated rings. The van der Waals surface area contributed by atoms with Crippen LogP contribution in [0.15, 0.2) is 35.3 Å². The van der Waals surface area contributed by atoms with Crippen LogP contribution in [0.4, 0.5) is 5.69 Å². The van der Waals surface area contributed by atoms with Gasteiger partial charge >= 0.3 is 0 Å². The van der Waals surface area contributed by atoms with Gasteiger partial charge in [-0.1, -0.05) is 17.3 Å². The largest absolute Gasteiger partial charge is 0.493 e. The standard InChI is InChI=1S/C22H21N3O5S/c1-6-9-25-16-8-7-15(23-13(2)26)12-19(16)31-22(25)24-21(27)14-10-17(28-3)20(30-5)18(11-14)29-4/h1,7-8,10-12H,9H2,2-5H3,(H,23,26). The first kappa shape index (κ1) is 21.9. The van der Waals surface area contributed by atoms with Crippen molar-refractivity contribution < 1.29 is 23.8 Å². The summed E-state index contributed by atoms with van der Waals surface area (Å²) in [6.07, 6.45) is 5.53. The molecule has 9 heteroatoms. The van der Waals surface area contributed by atoms with Gasteiger partial charge < -0.3 is 24.1 Å². The summed E-state index contributed by atoms with van der Waals surface area (Å²) in [6, 6.07) is 8.50. The number of aromatic nitrogens is 1. The van der Waals surface area contributed by atoms with E-state index in [2.05, 4.69) is 16.2 Å². The molecule has 2 aromatic carbocycles. The number of hydrogen-bond donors (Lipinski definition) is 1. The van der Waals surface area contributed by atoms with Crippen LogP contribution in [-0.2, 0) is 11.3 Å². The molecule has 160 valence electrons. The summed E-state index contributed by atoms with van der Waals surface area (Å²) in [5.74, 6) is 3.02. The molecule has 0 radical (unpaired) electrons. The van der Waals surface area contributed by atoms with Crippen molar-refractivity contribution in [3.8, 4) is 29.6 Å². The van der Waals surface area contributed by atoms with E-state index in [4.69, 9.17) is 20.6 Å².